The van der Waals surface area contributed by atoms with Crippen molar-refractivity contribution in [2.75, 3.05) is 18.5 Å². The van der Waals surface area contributed by atoms with Crippen LogP contribution in [0.4, 0.5) is 20.2 Å². The summed E-state index contributed by atoms with van der Waals surface area (Å²) >= 11 is 0. The van der Waals surface area contributed by atoms with Crippen molar-refractivity contribution in [2.45, 2.75) is 19.3 Å². The first-order valence-electron chi connectivity index (χ1n) is 9.92. The highest BCUT2D eigenvalue weighted by molar-refractivity contribution is 6.06. The molecule has 1 amide bonds. The van der Waals surface area contributed by atoms with E-state index in [2.05, 4.69) is 20.6 Å². The van der Waals surface area contributed by atoms with Gasteiger partial charge < -0.3 is 20.4 Å². The van der Waals surface area contributed by atoms with E-state index in [1.807, 2.05) is 6.07 Å². The first-order valence-corrected chi connectivity index (χ1v) is 9.92. The van der Waals surface area contributed by atoms with E-state index >= 15 is 0 Å². The predicted octanol–water partition coefficient (Wildman–Crippen LogP) is 4.17. The van der Waals surface area contributed by atoms with Gasteiger partial charge in [0.05, 0.1) is 29.7 Å². The lowest BCUT2D eigenvalue weighted by Crippen LogP contribution is -2.31. The van der Waals surface area contributed by atoms with Crippen molar-refractivity contribution in [3.05, 3.63) is 59.6 Å². The summed E-state index contributed by atoms with van der Waals surface area (Å²) in [5.74, 6) is -0.942. The van der Waals surface area contributed by atoms with Gasteiger partial charge in [0.25, 0.3) is 5.91 Å². The number of nitrogens with one attached hydrogen (secondary N) is 3. The molecule has 2 aromatic heterocycles. The van der Waals surface area contributed by atoms with Gasteiger partial charge in [0, 0.05) is 42.2 Å². The number of carbonyl (C=O) groups excluding carboxylic acids is 1. The number of hydrogen-bond donors (Lipinski definition) is 3. The number of aromatic amines is 1. The Labute approximate surface area is 171 Å². The van der Waals surface area contributed by atoms with Gasteiger partial charge in [-0.3, -0.25) is 9.78 Å². The maximum atomic E-state index is 13.8. The third-order valence-electron chi connectivity index (χ3n) is 5.38. The molecule has 8 heteroatoms. The number of benzene rings is 1. The number of hydrogen-bond acceptors (Lipinski definition) is 4. The van der Waals surface area contributed by atoms with Crippen LogP contribution in [0.5, 0.6) is 5.75 Å². The molecule has 30 heavy (non-hydrogen) atoms. The van der Waals surface area contributed by atoms with Crippen LogP contribution in [0.3, 0.4) is 0 Å². The smallest absolute Gasteiger partial charge is 0.255 e. The molecule has 0 radical (unpaired) electrons. The number of rotatable bonds is 6. The van der Waals surface area contributed by atoms with Gasteiger partial charge in [-0.15, -0.1) is 0 Å². The van der Waals surface area contributed by atoms with Gasteiger partial charge in [0.2, 0.25) is 0 Å². The second-order valence-electron chi connectivity index (χ2n) is 7.61. The third kappa shape index (κ3) is 3.49. The van der Waals surface area contributed by atoms with Gasteiger partial charge in [0.1, 0.15) is 5.75 Å². The normalized spacial score (nSPS) is 15.5. The maximum absolute atomic E-state index is 13.8. The SMILES string of the molecule is O=C1NCCc2[nH]c(-c3ccncc3OCC3CC3)c(Nc3ccc(F)c(F)c3)c21. The minimum atomic E-state index is -0.965. The zero-order valence-corrected chi connectivity index (χ0v) is 16.1. The van der Waals surface area contributed by atoms with Crippen molar-refractivity contribution in [1.29, 1.82) is 0 Å². The van der Waals surface area contributed by atoms with Crippen molar-refractivity contribution in [3.63, 3.8) is 0 Å². The number of amides is 1. The van der Waals surface area contributed by atoms with Crippen molar-refractivity contribution in [3.8, 4) is 17.0 Å². The van der Waals surface area contributed by atoms with Crippen molar-refractivity contribution < 1.29 is 18.3 Å². The minimum Gasteiger partial charge on any atom is -0.491 e. The highest BCUT2D eigenvalue weighted by Crippen LogP contribution is 2.41. The van der Waals surface area contributed by atoms with Crippen LogP contribution < -0.4 is 15.4 Å². The van der Waals surface area contributed by atoms with Gasteiger partial charge in [-0.1, -0.05) is 0 Å². The summed E-state index contributed by atoms with van der Waals surface area (Å²) < 4.78 is 33.1. The van der Waals surface area contributed by atoms with Gasteiger partial charge in [-0.05, 0) is 37.0 Å². The molecule has 0 bridgehead atoms. The lowest BCUT2D eigenvalue weighted by molar-refractivity contribution is 0.0947. The van der Waals surface area contributed by atoms with E-state index in [0.29, 0.717) is 53.9 Å². The van der Waals surface area contributed by atoms with Crippen LogP contribution in [0.2, 0.25) is 0 Å². The second-order valence-corrected chi connectivity index (χ2v) is 7.61. The number of halogens is 2. The predicted molar refractivity (Wildman–Crippen MR) is 108 cm³/mol. The summed E-state index contributed by atoms with van der Waals surface area (Å²) in [7, 11) is 0. The number of carbonyl (C=O) groups is 1. The number of ether oxygens (including phenoxy) is 1. The Kier molecular flexibility index (Phi) is 4.61. The van der Waals surface area contributed by atoms with E-state index in [0.717, 1.165) is 36.2 Å². The van der Waals surface area contributed by atoms with Crippen LogP contribution >= 0.6 is 0 Å². The number of aromatic nitrogens is 2. The van der Waals surface area contributed by atoms with E-state index in [1.54, 1.807) is 12.4 Å². The van der Waals surface area contributed by atoms with E-state index in [9.17, 15) is 13.6 Å². The van der Waals surface area contributed by atoms with E-state index in [1.165, 1.54) is 6.07 Å². The Bertz CT molecular complexity index is 1120. The van der Waals surface area contributed by atoms with E-state index < -0.39 is 11.6 Å². The Morgan fingerprint density at radius 2 is 2.07 bits per heavy atom. The monoisotopic (exact) mass is 410 g/mol. The summed E-state index contributed by atoms with van der Waals surface area (Å²) in [6.07, 6.45) is 6.27. The summed E-state index contributed by atoms with van der Waals surface area (Å²) in [4.78, 5) is 20.1. The summed E-state index contributed by atoms with van der Waals surface area (Å²) in [6, 6.07) is 5.36. The topological polar surface area (TPSA) is 79.0 Å². The highest BCUT2D eigenvalue weighted by atomic mass is 19.2. The Morgan fingerprint density at radius 3 is 2.87 bits per heavy atom. The Hall–Kier alpha value is -3.42. The number of H-pyrrole nitrogens is 1. The lowest BCUT2D eigenvalue weighted by atomic mass is 10.0. The molecule has 3 aromatic rings. The zero-order valence-electron chi connectivity index (χ0n) is 16.1. The Balaban J connectivity index is 1.60. The van der Waals surface area contributed by atoms with Gasteiger partial charge in [-0.25, -0.2) is 8.78 Å². The molecule has 1 fully saturated rings. The molecule has 3 heterocycles. The average molecular weight is 410 g/mol. The lowest BCUT2D eigenvalue weighted by Gasteiger charge is -2.16. The van der Waals surface area contributed by atoms with Gasteiger partial charge >= 0.3 is 0 Å². The van der Waals surface area contributed by atoms with E-state index in [4.69, 9.17) is 4.74 Å². The molecule has 1 saturated carbocycles. The van der Waals surface area contributed by atoms with Crippen LogP contribution in [0.1, 0.15) is 28.9 Å². The average Bonchev–Trinajstić information content (AvgIpc) is 3.50. The molecule has 1 aromatic carbocycles. The van der Waals surface area contributed by atoms with Crippen LogP contribution in [-0.4, -0.2) is 29.0 Å². The fourth-order valence-electron chi connectivity index (χ4n) is 3.62. The molecule has 3 N–H and O–H groups in total. The number of pyridine rings is 1. The van der Waals surface area contributed by atoms with Crippen molar-refractivity contribution >= 4 is 17.3 Å². The molecule has 1 aliphatic carbocycles. The number of anilines is 2. The number of fused-ring (bicyclic) bond motifs is 1. The Morgan fingerprint density at radius 1 is 1.20 bits per heavy atom. The molecule has 154 valence electrons. The summed E-state index contributed by atoms with van der Waals surface area (Å²) in [5.41, 5.74) is 3.48. The molecule has 2 aliphatic rings. The largest absolute Gasteiger partial charge is 0.491 e. The molecular formula is C22H20F2N4O2. The van der Waals surface area contributed by atoms with Crippen LogP contribution in [0.15, 0.2) is 36.7 Å². The molecule has 0 unspecified atom stereocenters. The maximum Gasteiger partial charge on any atom is 0.255 e. The van der Waals surface area contributed by atoms with Crippen LogP contribution in [-0.2, 0) is 6.42 Å². The van der Waals surface area contributed by atoms with Gasteiger partial charge in [0.15, 0.2) is 11.6 Å². The highest BCUT2D eigenvalue weighted by Gasteiger charge is 2.29. The second kappa shape index (κ2) is 7.44. The van der Waals surface area contributed by atoms with Crippen molar-refractivity contribution in [2.24, 2.45) is 5.92 Å². The zero-order chi connectivity index (χ0) is 20.7. The first kappa shape index (κ1) is 18.6. The molecule has 1 aliphatic heterocycles. The van der Waals surface area contributed by atoms with Crippen LogP contribution in [0, 0.1) is 17.6 Å². The molecule has 6 nitrogen and oxygen atoms in total. The number of nitrogens with zero attached hydrogens (tertiary/aromatic N) is 1. The molecule has 0 atom stereocenters. The van der Waals surface area contributed by atoms with Crippen molar-refractivity contribution in [1.82, 2.24) is 15.3 Å². The minimum absolute atomic E-state index is 0.224. The first-order chi connectivity index (χ1) is 14.6. The molecule has 5 rings (SSSR count). The standard InChI is InChI=1S/C22H20F2N4O2/c23-15-4-3-13(9-16(15)24)27-21-19-17(6-8-26-22(19)29)28-20(21)14-5-7-25-10-18(14)30-11-12-1-2-12/h3-5,7,9-10,12,27-28H,1-2,6,8,11H2,(H,26,29). The van der Waals surface area contributed by atoms with Gasteiger partial charge in [-0.2, -0.15) is 0 Å². The molecule has 0 spiro atoms. The van der Waals surface area contributed by atoms with Crippen LogP contribution in [0.25, 0.3) is 11.3 Å². The molecular weight excluding hydrogens is 390 g/mol. The fourth-order valence-corrected chi connectivity index (χ4v) is 3.62. The van der Waals surface area contributed by atoms with E-state index in [-0.39, 0.29) is 5.91 Å². The quantitative estimate of drug-likeness (QED) is 0.570. The fraction of sp³-hybridized carbons (Fsp3) is 0.273. The molecule has 0 saturated heterocycles. The summed E-state index contributed by atoms with van der Waals surface area (Å²) in [6.45, 7) is 1.14. The summed E-state index contributed by atoms with van der Waals surface area (Å²) in [5, 5.41) is 5.94. The third-order valence-corrected chi connectivity index (χ3v) is 5.38.